The highest BCUT2D eigenvalue weighted by Gasteiger charge is 2.16. The summed E-state index contributed by atoms with van der Waals surface area (Å²) >= 11 is 0. The molecule has 0 unspecified atom stereocenters. The van der Waals surface area contributed by atoms with Gasteiger partial charge in [0.1, 0.15) is 0 Å². The summed E-state index contributed by atoms with van der Waals surface area (Å²) in [6.45, 7) is 12.6. The average molecular weight is 234 g/mol. The van der Waals surface area contributed by atoms with Crippen LogP contribution in [0.1, 0.15) is 57.7 Å². The molecule has 1 nitrogen and oxygen atoms in total. The van der Waals surface area contributed by atoms with Crippen molar-refractivity contribution >= 4 is 0 Å². The van der Waals surface area contributed by atoms with Crippen molar-refractivity contribution in [3.05, 3.63) is 34.9 Å². The maximum atomic E-state index is 9.80. The van der Waals surface area contributed by atoms with Crippen molar-refractivity contribution in [1.29, 1.82) is 0 Å². The monoisotopic (exact) mass is 234 g/mol. The minimum absolute atomic E-state index is 0.192. The Bertz CT molecular complexity index is 377. The Morgan fingerprint density at radius 3 is 2.12 bits per heavy atom. The van der Waals surface area contributed by atoms with Crippen molar-refractivity contribution in [2.75, 3.05) is 0 Å². The largest absolute Gasteiger partial charge is 0.390 e. The second kappa shape index (κ2) is 4.81. The SMILES string of the molecule is Cc1ccc(C(C)(C)C)cc1CCC(C)(C)O. The van der Waals surface area contributed by atoms with Crippen molar-refractivity contribution in [1.82, 2.24) is 0 Å². The van der Waals surface area contributed by atoms with Crippen LogP contribution in [0.2, 0.25) is 0 Å². The van der Waals surface area contributed by atoms with E-state index in [0.29, 0.717) is 0 Å². The lowest BCUT2D eigenvalue weighted by Gasteiger charge is -2.22. The molecular formula is C16H26O. The molecule has 0 aromatic heterocycles. The van der Waals surface area contributed by atoms with E-state index in [4.69, 9.17) is 0 Å². The molecule has 0 heterocycles. The van der Waals surface area contributed by atoms with Gasteiger partial charge in [0.15, 0.2) is 0 Å². The Hall–Kier alpha value is -0.820. The van der Waals surface area contributed by atoms with Crippen LogP contribution in [0, 0.1) is 6.92 Å². The predicted octanol–water partition coefficient (Wildman–Crippen LogP) is 4.00. The molecule has 0 amide bonds. The Labute approximate surface area is 106 Å². The van der Waals surface area contributed by atoms with Crippen LogP contribution in [0.3, 0.4) is 0 Å². The molecular weight excluding hydrogens is 208 g/mol. The van der Waals surface area contributed by atoms with Crippen LogP contribution in [-0.2, 0) is 11.8 Å². The van der Waals surface area contributed by atoms with Gasteiger partial charge in [-0.2, -0.15) is 0 Å². The fourth-order valence-electron chi connectivity index (χ4n) is 1.85. The third-order valence-corrected chi connectivity index (χ3v) is 3.22. The van der Waals surface area contributed by atoms with E-state index in [-0.39, 0.29) is 5.41 Å². The van der Waals surface area contributed by atoms with Crippen LogP contribution < -0.4 is 0 Å². The molecule has 1 N–H and O–H groups in total. The second-order valence-electron chi connectivity index (χ2n) is 6.70. The molecule has 96 valence electrons. The minimum atomic E-state index is -0.579. The standard InChI is InChI=1S/C16H26O/c1-12-7-8-14(15(2,3)4)11-13(12)9-10-16(5,6)17/h7-8,11,17H,9-10H2,1-6H3. The lowest BCUT2D eigenvalue weighted by atomic mass is 9.84. The first-order chi connectivity index (χ1) is 7.59. The summed E-state index contributed by atoms with van der Waals surface area (Å²) in [6.07, 6.45) is 1.75. The van der Waals surface area contributed by atoms with Crippen molar-refractivity contribution in [2.24, 2.45) is 0 Å². The molecule has 0 aliphatic rings. The zero-order valence-electron chi connectivity index (χ0n) is 12.1. The van der Waals surface area contributed by atoms with Crippen LogP contribution in [-0.4, -0.2) is 10.7 Å². The van der Waals surface area contributed by atoms with Gasteiger partial charge in [-0.15, -0.1) is 0 Å². The third kappa shape index (κ3) is 4.51. The van der Waals surface area contributed by atoms with Crippen molar-refractivity contribution < 1.29 is 5.11 Å². The molecule has 0 aliphatic heterocycles. The predicted molar refractivity (Wildman–Crippen MR) is 74.5 cm³/mol. The normalized spacial score (nSPS) is 12.9. The van der Waals surface area contributed by atoms with Crippen LogP contribution in [0.25, 0.3) is 0 Å². The molecule has 0 aliphatic carbocycles. The lowest BCUT2D eigenvalue weighted by Crippen LogP contribution is -2.19. The first kappa shape index (κ1) is 14.2. The average Bonchev–Trinajstić information content (AvgIpc) is 2.13. The van der Waals surface area contributed by atoms with E-state index >= 15 is 0 Å². The maximum Gasteiger partial charge on any atom is 0.0594 e. The van der Waals surface area contributed by atoms with E-state index in [9.17, 15) is 5.11 Å². The molecule has 1 rings (SSSR count). The van der Waals surface area contributed by atoms with E-state index in [2.05, 4.69) is 45.9 Å². The van der Waals surface area contributed by atoms with Crippen LogP contribution in [0.4, 0.5) is 0 Å². The first-order valence-electron chi connectivity index (χ1n) is 6.42. The van der Waals surface area contributed by atoms with Crippen LogP contribution >= 0.6 is 0 Å². The number of rotatable bonds is 3. The highest BCUT2D eigenvalue weighted by molar-refractivity contribution is 5.34. The number of aliphatic hydroxyl groups is 1. The minimum Gasteiger partial charge on any atom is -0.390 e. The van der Waals surface area contributed by atoms with Gasteiger partial charge in [-0.1, -0.05) is 39.0 Å². The smallest absolute Gasteiger partial charge is 0.0594 e. The highest BCUT2D eigenvalue weighted by atomic mass is 16.3. The second-order valence-corrected chi connectivity index (χ2v) is 6.70. The number of hydrogen-bond acceptors (Lipinski definition) is 1. The maximum absolute atomic E-state index is 9.80. The van der Waals surface area contributed by atoms with Crippen LogP contribution in [0.15, 0.2) is 18.2 Å². The molecule has 0 saturated carbocycles. The van der Waals surface area contributed by atoms with E-state index < -0.39 is 5.60 Å². The molecule has 0 saturated heterocycles. The molecule has 0 atom stereocenters. The van der Waals surface area contributed by atoms with Gasteiger partial charge in [0.05, 0.1) is 5.60 Å². The van der Waals surface area contributed by atoms with Crippen molar-refractivity contribution in [3.63, 3.8) is 0 Å². The van der Waals surface area contributed by atoms with Crippen molar-refractivity contribution in [2.45, 2.75) is 65.4 Å². The Balaban J connectivity index is 2.92. The van der Waals surface area contributed by atoms with Gasteiger partial charge in [-0.25, -0.2) is 0 Å². The summed E-state index contributed by atoms with van der Waals surface area (Å²) in [5.74, 6) is 0. The summed E-state index contributed by atoms with van der Waals surface area (Å²) in [5.41, 5.74) is 3.66. The lowest BCUT2D eigenvalue weighted by molar-refractivity contribution is 0.0713. The zero-order chi connectivity index (χ0) is 13.3. The molecule has 1 aromatic carbocycles. The Morgan fingerprint density at radius 1 is 1.06 bits per heavy atom. The van der Waals surface area contributed by atoms with Crippen LogP contribution in [0.5, 0.6) is 0 Å². The zero-order valence-corrected chi connectivity index (χ0v) is 12.1. The van der Waals surface area contributed by atoms with E-state index in [1.165, 1.54) is 16.7 Å². The van der Waals surface area contributed by atoms with Gasteiger partial charge in [-0.05, 0) is 55.7 Å². The molecule has 0 bridgehead atoms. The molecule has 1 aromatic rings. The van der Waals surface area contributed by atoms with Gasteiger partial charge in [0.25, 0.3) is 0 Å². The van der Waals surface area contributed by atoms with E-state index in [1.807, 2.05) is 13.8 Å². The Kier molecular flexibility index (Phi) is 4.03. The number of aryl methyl sites for hydroxylation is 2. The third-order valence-electron chi connectivity index (χ3n) is 3.22. The van der Waals surface area contributed by atoms with Gasteiger partial charge in [0.2, 0.25) is 0 Å². The summed E-state index contributed by atoms with van der Waals surface area (Å²) in [7, 11) is 0. The van der Waals surface area contributed by atoms with Gasteiger partial charge in [0, 0.05) is 0 Å². The van der Waals surface area contributed by atoms with E-state index in [1.54, 1.807) is 0 Å². The fourth-order valence-corrected chi connectivity index (χ4v) is 1.85. The molecule has 0 radical (unpaired) electrons. The summed E-state index contributed by atoms with van der Waals surface area (Å²) in [4.78, 5) is 0. The summed E-state index contributed by atoms with van der Waals surface area (Å²) < 4.78 is 0. The highest BCUT2D eigenvalue weighted by Crippen LogP contribution is 2.25. The molecule has 0 spiro atoms. The molecule has 17 heavy (non-hydrogen) atoms. The quantitative estimate of drug-likeness (QED) is 0.838. The number of hydrogen-bond donors (Lipinski definition) is 1. The first-order valence-corrected chi connectivity index (χ1v) is 6.42. The molecule has 0 fully saturated rings. The van der Waals surface area contributed by atoms with Crippen molar-refractivity contribution in [3.8, 4) is 0 Å². The number of benzene rings is 1. The van der Waals surface area contributed by atoms with E-state index in [0.717, 1.165) is 12.8 Å². The Morgan fingerprint density at radius 2 is 1.65 bits per heavy atom. The summed E-state index contributed by atoms with van der Waals surface area (Å²) in [6, 6.07) is 6.70. The summed E-state index contributed by atoms with van der Waals surface area (Å²) in [5, 5.41) is 9.80. The molecule has 1 heteroatoms. The van der Waals surface area contributed by atoms with Gasteiger partial charge >= 0.3 is 0 Å². The topological polar surface area (TPSA) is 20.2 Å². The van der Waals surface area contributed by atoms with Gasteiger partial charge < -0.3 is 5.11 Å². The fraction of sp³-hybridized carbons (Fsp3) is 0.625. The van der Waals surface area contributed by atoms with Gasteiger partial charge in [-0.3, -0.25) is 0 Å².